The predicted molar refractivity (Wildman–Crippen MR) is 65.2 cm³/mol. The highest BCUT2D eigenvalue weighted by molar-refractivity contribution is 5.41. The van der Waals surface area contributed by atoms with Crippen LogP contribution in [0.5, 0.6) is 0 Å². The first kappa shape index (κ1) is 10.1. The van der Waals surface area contributed by atoms with E-state index in [1.165, 1.54) is 11.1 Å². The molecule has 0 unspecified atom stereocenters. The lowest BCUT2D eigenvalue weighted by Crippen LogP contribution is -2.20. The summed E-state index contributed by atoms with van der Waals surface area (Å²) < 4.78 is 0. The molecular formula is C15H16. The van der Waals surface area contributed by atoms with Crippen LogP contribution in [0.4, 0.5) is 0 Å². The van der Waals surface area contributed by atoms with Gasteiger partial charge < -0.3 is 0 Å². The molecule has 2 aliphatic carbocycles. The Bertz CT molecular complexity index is 378. The number of hydrogen-bond donors (Lipinski definition) is 0. The van der Waals surface area contributed by atoms with Crippen LogP contribution < -0.4 is 0 Å². The molecule has 2 rings (SSSR count). The van der Waals surface area contributed by atoms with E-state index in [-0.39, 0.29) is 5.41 Å². The second kappa shape index (κ2) is 3.95. The van der Waals surface area contributed by atoms with Gasteiger partial charge in [-0.2, -0.15) is 0 Å². The van der Waals surface area contributed by atoms with E-state index >= 15 is 0 Å². The zero-order valence-corrected chi connectivity index (χ0v) is 9.16. The minimum atomic E-state index is 0.0712. The van der Waals surface area contributed by atoms with Crippen molar-refractivity contribution in [3.05, 3.63) is 47.6 Å². The van der Waals surface area contributed by atoms with E-state index in [1.54, 1.807) is 0 Å². The van der Waals surface area contributed by atoms with E-state index in [0.717, 1.165) is 19.3 Å². The Morgan fingerprint density at radius 1 is 1.20 bits per heavy atom. The van der Waals surface area contributed by atoms with Gasteiger partial charge in [-0.1, -0.05) is 54.5 Å². The summed E-state index contributed by atoms with van der Waals surface area (Å²) in [5, 5.41) is 0. The van der Waals surface area contributed by atoms with Crippen molar-refractivity contribution in [1.82, 2.24) is 0 Å². The van der Waals surface area contributed by atoms with E-state index in [2.05, 4.69) is 49.3 Å². The maximum Gasteiger partial charge on any atom is 0.0215 e. The molecule has 0 aromatic rings. The summed E-state index contributed by atoms with van der Waals surface area (Å²) >= 11 is 0. The Morgan fingerprint density at radius 3 is 2.07 bits per heavy atom. The maximum absolute atomic E-state index is 5.50. The smallest absolute Gasteiger partial charge is 0.0215 e. The zero-order chi connectivity index (χ0) is 10.7. The van der Waals surface area contributed by atoms with E-state index in [9.17, 15) is 0 Å². The SMILES string of the molecule is C#CCC(C)(C1=CC=CC1)C1=CC=CC1. The fourth-order valence-corrected chi connectivity index (χ4v) is 2.35. The van der Waals surface area contributed by atoms with E-state index in [0.29, 0.717) is 0 Å². The highest BCUT2D eigenvalue weighted by atomic mass is 14.3. The number of rotatable bonds is 3. The van der Waals surface area contributed by atoms with Crippen molar-refractivity contribution in [2.24, 2.45) is 5.41 Å². The lowest BCUT2D eigenvalue weighted by Gasteiger charge is -2.31. The Hall–Kier alpha value is -1.48. The predicted octanol–water partition coefficient (Wildman–Crippen LogP) is 3.79. The minimum absolute atomic E-state index is 0.0712. The largest absolute Gasteiger partial charge is 0.120 e. The lowest BCUT2D eigenvalue weighted by molar-refractivity contribution is 0.480. The third-order valence-electron chi connectivity index (χ3n) is 3.42. The molecule has 0 nitrogen and oxygen atoms in total. The molecule has 15 heavy (non-hydrogen) atoms. The highest BCUT2D eigenvalue weighted by Gasteiger charge is 2.32. The van der Waals surface area contributed by atoms with Crippen molar-refractivity contribution in [3.63, 3.8) is 0 Å². The summed E-state index contributed by atoms with van der Waals surface area (Å²) in [7, 11) is 0. The molecule has 0 fully saturated rings. The fraction of sp³-hybridized carbons (Fsp3) is 0.333. The number of hydrogen-bond acceptors (Lipinski definition) is 0. The standard InChI is InChI=1S/C15H16/c1-3-12-15(2,13-8-4-5-9-13)14-10-6-7-11-14/h1,4-8,10H,9,11-12H2,2H3. The van der Waals surface area contributed by atoms with Crippen molar-refractivity contribution in [1.29, 1.82) is 0 Å². The van der Waals surface area contributed by atoms with Crippen molar-refractivity contribution < 1.29 is 0 Å². The second-order valence-electron chi connectivity index (χ2n) is 4.36. The van der Waals surface area contributed by atoms with Crippen LogP contribution >= 0.6 is 0 Å². The minimum Gasteiger partial charge on any atom is -0.120 e. The third-order valence-corrected chi connectivity index (χ3v) is 3.42. The molecule has 2 aliphatic rings. The summed E-state index contributed by atoms with van der Waals surface area (Å²) in [6, 6.07) is 0. The lowest BCUT2D eigenvalue weighted by atomic mass is 9.72. The molecule has 0 amide bonds. The molecule has 0 aliphatic heterocycles. The van der Waals surface area contributed by atoms with Gasteiger partial charge in [-0.05, 0) is 12.8 Å². The Balaban J connectivity index is 2.28. The van der Waals surface area contributed by atoms with Crippen LogP contribution in [0.3, 0.4) is 0 Å². The van der Waals surface area contributed by atoms with Gasteiger partial charge in [0, 0.05) is 11.8 Å². The van der Waals surface area contributed by atoms with Crippen LogP contribution in [-0.2, 0) is 0 Å². The third kappa shape index (κ3) is 1.70. The van der Waals surface area contributed by atoms with Crippen molar-refractivity contribution in [2.75, 3.05) is 0 Å². The van der Waals surface area contributed by atoms with E-state index < -0.39 is 0 Å². The molecule has 0 heteroatoms. The first-order chi connectivity index (χ1) is 7.27. The Labute approximate surface area is 92.1 Å². The normalized spacial score (nSPS) is 18.9. The van der Waals surface area contributed by atoms with Crippen molar-refractivity contribution in [2.45, 2.75) is 26.2 Å². The molecular weight excluding hydrogens is 180 g/mol. The van der Waals surface area contributed by atoms with Crippen molar-refractivity contribution >= 4 is 0 Å². The summed E-state index contributed by atoms with van der Waals surface area (Å²) in [6.07, 6.45) is 21.5. The highest BCUT2D eigenvalue weighted by Crippen LogP contribution is 2.44. The average Bonchev–Trinajstić information content (AvgIpc) is 2.92. The van der Waals surface area contributed by atoms with Gasteiger partial charge in [0.1, 0.15) is 0 Å². The molecule has 0 atom stereocenters. The van der Waals surface area contributed by atoms with Gasteiger partial charge in [-0.3, -0.25) is 0 Å². The molecule has 0 saturated carbocycles. The van der Waals surface area contributed by atoms with Gasteiger partial charge in [0.15, 0.2) is 0 Å². The van der Waals surface area contributed by atoms with Gasteiger partial charge in [0.25, 0.3) is 0 Å². The van der Waals surface area contributed by atoms with Crippen LogP contribution in [0.15, 0.2) is 47.6 Å². The van der Waals surface area contributed by atoms with Gasteiger partial charge >= 0.3 is 0 Å². The molecule has 0 aromatic heterocycles. The molecule has 0 saturated heterocycles. The summed E-state index contributed by atoms with van der Waals surface area (Å²) in [5.41, 5.74) is 2.98. The number of allylic oxidation sites excluding steroid dienone is 8. The van der Waals surface area contributed by atoms with Crippen LogP contribution in [0.1, 0.15) is 26.2 Å². The fourth-order valence-electron chi connectivity index (χ4n) is 2.35. The summed E-state index contributed by atoms with van der Waals surface area (Å²) in [6.45, 7) is 2.27. The van der Waals surface area contributed by atoms with E-state index in [4.69, 9.17) is 6.42 Å². The average molecular weight is 196 g/mol. The van der Waals surface area contributed by atoms with Crippen LogP contribution in [-0.4, -0.2) is 0 Å². The van der Waals surface area contributed by atoms with Crippen molar-refractivity contribution in [3.8, 4) is 12.3 Å². The molecule has 0 radical (unpaired) electrons. The van der Waals surface area contributed by atoms with Crippen LogP contribution in [0.25, 0.3) is 0 Å². The zero-order valence-electron chi connectivity index (χ0n) is 9.16. The van der Waals surface area contributed by atoms with Gasteiger partial charge in [0.05, 0.1) is 0 Å². The monoisotopic (exact) mass is 196 g/mol. The summed E-state index contributed by atoms with van der Waals surface area (Å²) in [5.74, 6) is 2.82. The van der Waals surface area contributed by atoms with Gasteiger partial charge in [-0.25, -0.2) is 0 Å². The second-order valence-corrected chi connectivity index (χ2v) is 4.36. The summed E-state index contributed by atoms with van der Waals surface area (Å²) in [4.78, 5) is 0. The molecule has 76 valence electrons. The Morgan fingerprint density at radius 2 is 1.73 bits per heavy atom. The molecule has 0 bridgehead atoms. The first-order valence-electron chi connectivity index (χ1n) is 5.43. The topological polar surface area (TPSA) is 0 Å². The maximum atomic E-state index is 5.50. The molecule has 0 N–H and O–H groups in total. The first-order valence-corrected chi connectivity index (χ1v) is 5.43. The molecule has 0 spiro atoms. The number of terminal acetylenes is 1. The quantitative estimate of drug-likeness (QED) is 0.602. The van der Waals surface area contributed by atoms with Crippen LogP contribution in [0.2, 0.25) is 0 Å². The van der Waals surface area contributed by atoms with Crippen LogP contribution in [0, 0.1) is 17.8 Å². The van der Waals surface area contributed by atoms with Gasteiger partial charge in [0.2, 0.25) is 0 Å². The van der Waals surface area contributed by atoms with E-state index in [1.807, 2.05) is 0 Å². The Kier molecular flexibility index (Phi) is 2.64. The van der Waals surface area contributed by atoms with Gasteiger partial charge in [-0.15, -0.1) is 12.3 Å². The molecule has 0 heterocycles. The molecule has 0 aromatic carbocycles.